The molecule has 0 aliphatic carbocycles. The summed E-state index contributed by atoms with van der Waals surface area (Å²) in [6, 6.07) is 9.40. The van der Waals surface area contributed by atoms with Crippen LogP contribution in [0.2, 0.25) is 13.1 Å². The van der Waals surface area contributed by atoms with E-state index in [9.17, 15) is 0 Å². The summed E-state index contributed by atoms with van der Waals surface area (Å²) >= 11 is 0. The van der Waals surface area contributed by atoms with Crippen molar-refractivity contribution in [2.75, 3.05) is 0 Å². The summed E-state index contributed by atoms with van der Waals surface area (Å²) in [5.74, 6) is 0. The maximum absolute atomic E-state index is 2.48. The van der Waals surface area contributed by atoms with Crippen LogP contribution in [0, 0.1) is 34.6 Å². The molecule has 0 aliphatic heterocycles. The quantitative estimate of drug-likeness (QED) is 0.335. The first-order valence-electron chi connectivity index (χ1n) is 7.06. The fourth-order valence-electron chi connectivity index (χ4n) is 3.44. The van der Waals surface area contributed by atoms with Gasteiger partial charge in [0.15, 0.2) is 0 Å². The summed E-state index contributed by atoms with van der Waals surface area (Å²) in [5.41, 5.74) is 7.19. The van der Waals surface area contributed by atoms with Crippen molar-refractivity contribution in [1.29, 1.82) is 0 Å². The van der Waals surface area contributed by atoms with Crippen LogP contribution in [0.5, 0.6) is 0 Å². The Kier molecular flexibility index (Phi) is 12.7. The van der Waals surface area contributed by atoms with E-state index in [0.29, 0.717) is 0 Å². The second-order valence-corrected chi connectivity index (χ2v) is 10.8. The van der Waals surface area contributed by atoms with Gasteiger partial charge < -0.3 is 37.2 Å². The molecule has 0 fully saturated rings. The molecule has 0 spiro atoms. The van der Waals surface area contributed by atoms with Gasteiger partial charge in [0.25, 0.3) is 0 Å². The minimum absolute atomic E-state index is 0. The molecule has 0 saturated heterocycles. The molecule has 0 heterocycles. The molecular weight excluding hydrogens is 399 g/mol. The van der Waals surface area contributed by atoms with Crippen molar-refractivity contribution in [3.63, 3.8) is 0 Å². The van der Waals surface area contributed by atoms with E-state index in [0.717, 1.165) is 0 Å². The second-order valence-electron chi connectivity index (χ2n) is 6.51. The molecule has 0 aliphatic rings. The topological polar surface area (TPSA) is 0 Å². The van der Waals surface area contributed by atoms with Gasteiger partial charge in [0.2, 0.25) is 0 Å². The van der Waals surface area contributed by atoms with Gasteiger partial charge in [-0.05, 0) is 13.8 Å². The molecule has 0 nitrogen and oxygen atoms in total. The van der Waals surface area contributed by atoms with E-state index in [1.54, 1.807) is 10.4 Å². The fraction of sp³-hybridized carbons (Fsp3) is 0.389. The molecule has 0 saturated carbocycles. The van der Waals surface area contributed by atoms with Gasteiger partial charge in [-0.15, -0.1) is 0 Å². The SMILES string of the molecule is Cc1cc(C)cc([Si](C)(C)[c-]2c(C)cc(C)c2C)c1.[Cl-].[Cl-].[Cl-].[Ti+4]. The molecule has 0 radical (unpaired) electrons. The van der Waals surface area contributed by atoms with Gasteiger partial charge in [0, 0.05) is 0 Å². The number of hydrogen-bond donors (Lipinski definition) is 0. The molecule has 0 bridgehead atoms. The van der Waals surface area contributed by atoms with Crippen LogP contribution in [-0.2, 0) is 21.7 Å². The number of rotatable bonds is 2. The van der Waals surface area contributed by atoms with Gasteiger partial charge in [0.05, 0.1) is 8.07 Å². The van der Waals surface area contributed by atoms with Crippen molar-refractivity contribution in [2.45, 2.75) is 47.7 Å². The van der Waals surface area contributed by atoms with Crippen LogP contribution in [0.3, 0.4) is 0 Å². The third-order valence-corrected chi connectivity index (χ3v) is 8.11. The predicted molar refractivity (Wildman–Crippen MR) is 88.9 cm³/mol. The molecule has 5 heteroatoms. The Balaban J connectivity index is -0.000001000. The number of benzene rings is 1. The Labute approximate surface area is 176 Å². The molecule has 126 valence electrons. The first-order chi connectivity index (χ1) is 8.73. The van der Waals surface area contributed by atoms with Crippen molar-refractivity contribution < 1.29 is 58.9 Å². The summed E-state index contributed by atoms with van der Waals surface area (Å²) in [5, 5.41) is 3.19. The average Bonchev–Trinajstić information content (AvgIpc) is 2.51. The minimum Gasteiger partial charge on any atom is -1.00 e. The van der Waals surface area contributed by atoms with Crippen molar-refractivity contribution in [2.24, 2.45) is 0 Å². The minimum atomic E-state index is -1.59. The second kappa shape index (κ2) is 10.4. The molecule has 0 aromatic heterocycles. The number of aryl methyl sites for hydroxylation is 4. The standard InChI is InChI=1S/C18H25Si.3ClH.Ti/c1-12-8-13(2)10-17(9-12)19(6,7)18-15(4)11-14(3)16(18)5;;;;/h8-11H,1-7H3;3*1H;/q-1;;;;+4/p-3. The summed E-state index contributed by atoms with van der Waals surface area (Å²) in [4.78, 5) is 0. The molecule has 2 aromatic rings. The van der Waals surface area contributed by atoms with Crippen molar-refractivity contribution >= 4 is 18.4 Å². The number of halogens is 3. The zero-order valence-corrected chi connectivity index (χ0v) is 19.8. The van der Waals surface area contributed by atoms with Crippen LogP contribution in [0.4, 0.5) is 0 Å². The summed E-state index contributed by atoms with van der Waals surface area (Å²) in [6.45, 7) is 16.2. The fourth-order valence-corrected chi connectivity index (χ4v) is 7.10. The smallest absolute Gasteiger partial charge is 1.00 e. The van der Waals surface area contributed by atoms with Gasteiger partial charge in [-0.1, -0.05) is 68.4 Å². The Morgan fingerprint density at radius 2 is 1.17 bits per heavy atom. The van der Waals surface area contributed by atoms with E-state index in [-0.39, 0.29) is 58.9 Å². The molecule has 0 amide bonds. The van der Waals surface area contributed by atoms with E-state index in [1.165, 1.54) is 27.8 Å². The predicted octanol–water partition coefficient (Wildman–Crippen LogP) is -5.22. The monoisotopic (exact) mass is 422 g/mol. The molecule has 2 aromatic carbocycles. The summed E-state index contributed by atoms with van der Waals surface area (Å²) in [7, 11) is -1.59. The van der Waals surface area contributed by atoms with Crippen molar-refractivity contribution in [1.82, 2.24) is 0 Å². The Morgan fingerprint density at radius 1 is 0.739 bits per heavy atom. The maximum atomic E-state index is 2.48. The van der Waals surface area contributed by atoms with E-state index >= 15 is 0 Å². The van der Waals surface area contributed by atoms with Gasteiger partial charge in [-0.2, -0.15) is 21.9 Å². The third kappa shape index (κ3) is 5.70. The molecule has 0 N–H and O–H groups in total. The largest absolute Gasteiger partial charge is 4.00 e. The molecular formula is C18H25Cl3SiTi. The Morgan fingerprint density at radius 3 is 1.52 bits per heavy atom. The van der Waals surface area contributed by atoms with Crippen molar-refractivity contribution in [3.05, 3.63) is 52.1 Å². The van der Waals surface area contributed by atoms with Gasteiger partial charge in [-0.3, -0.25) is 0 Å². The van der Waals surface area contributed by atoms with Gasteiger partial charge in [-0.25, -0.2) is 6.07 Å². The van der Waals surface area contributed by atoms with Crippen molar-refractivity contribution in [3.8, 4) is 0 Å². The van der Waals surface area contributed by atoms with Crippen LogP contribution in [0.15, 0.2) is 24.3 Å². The van der Waals surface area contributed by atoms with Crippen LogP contribution >= 0.6 is 0 Å². The van der Waals surface area contributed by atoms with E-state index < -0.39 is 8.07 Å². The molecule has 0 atom stereocenters. The van der Waals surface area contributed by atoms with Crippen LogP contribution < -0.4 is 47.6 Å². The normalized spacial score (nSPS) is 9.87. The Bertz CT molecular complexity index is 613. The summed E-state index contributed by atoms with van der Waals surface area (Å²) in [6.07, 6.45) is 0. The molecule has 2 rings (SSSR count). The third-order valence-electron chi connectivity index (χ3n) is 4.36. The van der Waals surface area contributed by atoms with Gasteiger partial charge in [0.1, 0.15) is 0 Å². The zero-order valence-electron chi connectivity index (χ0n) is 14.9. The Hall–Kier alpha value is 0.371. The van der Waals surface area contributed by atoms with E-state index in [2.05, 4.69) is 72.0 Å². The summed E-state index contributed by atoms with van der Waals surface area (Å²) < 4.78 is 0. The zero-order chi connectivity index (χ0) is 14.4. The first-order valence-corrected chi connectivity index (χ1v) is 10.1. The number of hydrogen-bond acceptors (Lipinski definition) is 0. The van der Waals surface area contributed by atoms with Gasteiger partial charge >= 0.3 is 21.7 Å². The molecule has 0 unspecified atom stereocenters. The maximum Gasteiger partial charge on any atom is 4.00 e. The van der Waals surface area contributed by atoms with Crippen LogP contribution in [0.1, 0.15) is 27.8 Å². The average molecular weight is 424 g/mol. The van der Waals surface area contributed by atoms with Crippen LogP contribution in [-0.4, -0.2) is 8.07 Å². The van der Waals surface area contributed by atoms with E-state index in [1.807, 2.05) is 0 Å². The first kappa shape index (κ1) is 28.2. The molecule has 23 heavy (non-hydrogen) atoms. The van der Waals surface area contributed by atoms with E-state index in [4.69, 9.17) is 0 Å². The van der Waals surface area contributed by atoms with Crippen LogP contribution in [0.25, 0.3) is 0 Å².